The Hall–Kier alpha value is -4.66. The average molecular weight is 864 g/mol. The fraction of sp³-hybridized carbons (Fsp3) is 0.378. The molecule has 6 atom stereocenters. The number of hydrogen-bond acceptors (Lipinski definition) is 8. The minimum Gasteiger partial charge on any atom is -0.497 e. The summed E-state index contributed by atoms with van der Waals surface area (Å²) in [5.41, 5.74) is 3.79. The van der Waals surface area contributed by atoms with E-state index in [0.717, 1.165) is 52.0 Å². The third-order valence-electron chi connectivity index (χ3n) is 12.7. The highest BCUT2D eigenvalue weighted by Crippen LogP contribution is 2.60. The van der Waals surface area contributed by atoms with Crippen LogP contribution in [0.25, 0.3) is 0 Å². The number of methoxy groups -OCH3 is 1. The van der Waals surface area contributed by atoms with Crippen molar-refractivity contribution >= 4 is 52.4 Å². The van der Waals surface area contributed by atoms with Gasteiger partial charge < -0.3 is 30.1 Å². The molecule has 0 saturated carbocycles. The van der Waals surface area contributed by atoms with Gasteiger partial charge in [0.15, 0.2) is 5.60 Å². The number of aryl methyl sites for hydroxylation is 1. The number of ether oxygens (including phenoxy) is 2. The number of halogens is 1. The molecule has 0 bridgehead atoms. The zero-order valence-electron chi connectivity index (χ0n) is 33.4. The van der Waals surface area contributed by atoms with Crippen molar-refractivity contribution in [3.05, 3.63) is 130 Å². The number of carbonyl (C=O) groups excluding carboxylic acids is 2. The van der Waals surface area contributed by atoms with Crippen LogP contribution in [-0.4, -0.2) is 72.4 Å². The summed E-state index contributed by atoms with van der Waals surface area (Å²) in [4.78, 5) is 30.2. The summed E-state index contributed by atoms with van der Waals surface area (Å²) >= 11 is 3.73. The molecule has 2 saturated heterocycles. The Balaban J connectivity index is 1.12. The van der Waals surface area contributed by atoms with Gasteiger partial charge in [0.2, 0.25) is 5.91 Å². The Morgan fingerprint density at radius 2 is 1.88 bits per heavy atom. The molecule has 11 nitrogen and oxygen atoms in total. The van der Waals surface area contributed by atoms with Crippen LogP contribution in [0.3, 0.4) is 0 Å². The fourth-order valence-corrected chi connectivity index (χ4v) is 14.1. The summed E-state index contributed by atoms with van der Waals surface area (Å²) in [5.74, 6) is 0.214. The molecule has 4 aromatic carbocycles. The Labute approximate surface area is 349 Å². The van der Waals surface area contributed by atoms with Gasteiger partial charge in [-0.15, -0.1) is 5.10 Å². The first-order chi connectivity index (χ1) is 28.0. The van der Waals surface area contributed by atoms with Gasteiger partial charge in [-0.3, -0.25) is 14.3 Å². The molecule has 0 aliphatic carbocycles. The predicted molar refractivity (Wildman–Crippen MR) is 231 cm³/mol. The molecule has 4 heterocycles. The predicted octanol–water partition coefficient (Wildman–Crippen LogP) is 6.72. The summed E-state index contributed by atoms with van der Waals surface area (Å²) in [7, 11) is -0.708. The highest BCUT2D eigenvalue weighted by Gasteiger charge is 2.66. The van der Waals surface area contributed by atoms with E-state index in [9.17, 15) is 9.90 Å². The number of nitrogens with zero attached hydrogens (tertiary/aromatic N) is 4. The van der Waals surface area contributed by atoms with Gasteiger partial charge in [-0.05, 0) is 84.9 Å². The second kappa shape index (κ2) is 16.5. The van der Waals surface area contributed by atoms with Crippen molar-refractivity contribution in [3.63, 3.8) is 0 Å². The van der Waals surface area contributed by atoms with E-state index >= 15 is 4.79 Å². The minimum absolute atomic E-state index is 0.0388. The number of amides is 2. The zero-order valence-corrected chi connectivity index (χ0v) is 36.0. The zero-order chi connectivity index (χ0) is 40.6. The SMILES string of the molecule is COc1ccc([Si](C)(C)[C@H]2[C@H](CCn3cc(C(CO)c4ccccc4)nn3)O[C@@]3(C(=O)N(Cc4cccc(NC(=O)[C@H]5CCCN5)c4)c4ccc(Br)cc43)[C@@H]2C)cc1. The van der Waals surface area contributed by atoms with Crippen LogP contribution >= 0.6 is 15.9 Å². The van der Waals surface area contributed by atoms with E-state index in [1.807, 2.05) is 94.6 Å². The van der Waals surface area contributed by atoms with Crippen molar-refractivity contribution in [2.75, 3.05) is 30.5 Å². The van der Waals surface area contributed by atoms with Gasteiger partial charge in [-0.2, -0.15) is 0 Å². The molecule has 1 aromatic heterocycles. The number of rotatable bonds is 13. The number of benzene rings is 4. The molecule has 3 aliphatic rings. The quantitative estimate of drug-likeness (QED) is 0.111. The molecule has 302 valence electrons. The van der Waals surface area contributed by atoms with Crippen LogP contribution in [0.15, 0.2) is 108 Å². The van der Waals surface area contributed by atoms with Crippen LogP contribution < -0.4 is 25.5 Å². The highest BCUT2D eigenvalue weighted by molar-refractivity contribution is 9.10. The molecule has 13 heteroatoms. The van der Waals surface area contributed by atoms with Gasteiger partial charge in [0.25, 0.3) is 5.91 Å². The van der Waals surface area contributed by atoms with Gasteiger partial charge in [0.05, 0.1) is 57.8 Å². The lowest BCUT2D eigenvalue weighted by Crippen LogP contribution is -2.51. The number of aromatic nitrogens is 3. The Morgan fingerprint density at radius 3 is 2.60 bits per heavy atom. The van der Waals surface area contributed by atoms with Crippen molar-refractivity contribution in [1.82, 2.24) is 20.3 Å². The van der Waals surface area contributed by atoms with Crippen LogP contribution in [0, 0.1) is 5.92 Å². The summed E-state index contributed by atoms with van der Waals surface area (Å²) in [6.07, 6.45) is 4.04. The number of anilines is 2. The van der Waals surface area contributed by atoms with Crippen molar-refractivity contribution in [3.8, 4) is 5.75 Å². The van der Waals surface area contributed by atoms with E-state index < -0.39 is 13.7 Å². The van der Waals surface area contributed by atoms with Crippen molar-refractivity contribution in [1.29, 1.82) is 0 Å². The van der Waals surface area contributed by atoms with Crippen LogP contribution in [0.1, 0.15) is 54.5 Å². The Bertz CT molecular complexity index is 2270. The van der Waals surface area contributed by atoms with E-state index in [0.29, 0.717) is 30.9 Å². The molecular weight excluding hydrogens is 813 g/mol. The lowest BCUT2D eigenvalue weighted by Gasteiger charge is -2.37. The molecule has 2 fully saturated rings. The van der Waals surface area contributed by atoms with Crippen LogP contribution in [0.5, 0.6) is 5.75 Å². The molecule has 3 N–H and O–H groups in total. The molecule has 1 unspecified atom stereocenters. The van der Waals surface area contributed by atoms with E-state index in [1.165, 1.54) is 5.19 Å². The number of fused-ring (bicyclic) bond motifs is 2. The first-order valence-corrected chi connectivity index (χ1v) is 24.0. The number of hydrogen-bond donors (Lipinski definition) is 3. The summed E-state index contributed by atoms with van der Waals surface area (Å²) in [5, 5.41) is 26.9. The lowest BCUT2D eigenvalue weighted by molar-refractivity contribution is -0.146. The molecule has 5 aromatic rings. The number of aliphatic hydroxyl groups excluding tert-OH is 1. The first kappa shape index (κ1) is 40.1. The molecule has 2 amide bonds. The van der Waals surface area contributed by atoms with Gasteiger partial charge in [0, 0.05) is 34.4 Å². The summed E-state index contributed by atoms with van der Waals surface area (Å²) < 4.78 is 15.6. The third kappa shape index (κ3) is 7.43. The normalized spacial score (nSPS) is 23.3. The van der Waals surface area contributed by atoms with E-state index in [-0.39, 0.29) is 47.9 Å². The molecule has 1 spiro atoms. The van der Waals surface area contributed by atoms with Gasteiger partial charge in [-0.1, -0.05) is 101 Å². The maximum absolute atomic E-state index is 15.4. The topological polar surface area (TPSA) is 131 Å². The molecule has 3 aliphatic heterocycles. The van der Waals surface area contributed by atoms with Crippen molar-refractivity contribution < 1.29 is 24.2 Å². The monoisotopic (exact) mass is 862 g/mol. The number of aliphatic hydroxyl groups is 1. The second-order valence-electron chi connectivity index (χ2n) is 16.4. The summed E-state index contributed by atoms with van der Waals surface area (Å²) in [6.45, 7) is 8.56. The van der Waals surface area contributed by atoms with Crippen LogP contribution in [0.2, 0.25) is 18.6 Å². The molecule has 58 heavy (non-hydrogen) atoms. The van der Waals surface area contributed by atoms with Crippen LogP contribution in [-0.2, 0) is 33.0 Å². The first-order valence-electron chi connectivity index (χ1n) is 20.2. The van der Waals surface area contributed by atoms with Gasteiger partial charge in [0.1, 0.15) is 5.75 Å². The van der Waals surface area contributed by atoms with E-state index in [2.05, 4.69) is 75.1 Å². The number of carbonyl (C=O) groups is 2. The second-order valence-corrected chi connectivity index (χ2v) is 22.0. The van der Waals surface area contributed by atoms with E-state index in [4.69, 9.17) is 9.47 Å². The average Bonchev–Trinajstić information content (AvgIpc) is 4.04. The maximum Gasteiger partial charge on any atom is 0.264 e. The Morgan fingerprint density at radius 1 is 1.09 bits per heavy atom. The smallest absolute Gasteiger partial charge is 0.264 e. The van der Waals surface area contributed by atoms with E-state index in [1.54, 1.807) is 7.11 Å². The largest absolute Gasteiger partial charge is 0.497 e. The number of nitrogens with one attached hydrogen (secondary N) is 2. The third-order valence-corrected chi connectivity index (χ3v) is 17.5. The molecule has 0 radical (unpaired) electrons. The molecular formula is C45H51BrN6O5Si. The minimum atomic E-state index is -2.38. The Kier molecular flexibility index (Phi) is 11.4. The van der Waals surface area contributed by atoms with Gasteiger partial charge >= 0.3 is 0 Å². The fourth-order valence-electron chi connectivity index (χ4n) is 9.68. The maximum atomic E-state index is 15.4. The highest BCUT2D eigenvalue weighted by atomic mass is 79.9. The van der Waals surface area contributed by atoms with Crippen LogP contribution in [0.4, 0.5) is 11.4 Å². The van der Waals surface area contributed by atoms with Gasteiger partial charge in [-0.25, -0.2) is 0 Å². The standard InChI is InChI=1S/C45H51BrN6O5Si/c1-29-42(58(3,4)35-18-16-34(56-2)17-19-35)41(21-23-51-27-39(49-50-51)36(28-53)31-11-6-5-7-12-31)57-45(29)37-25-32(46)15-20-40(37)52(44(45)55)26-30-10-8-13-33(24-30)48-43(54)38-14-9-22-47-38/h5-8,10-13,15-20,24-25,27,29,36,38,41-42,47,53H,9,14,21-23,26,28H2,1-4H3,(H,48,54)/t29-,36?,38-,41+,42-,45+/m1/s1. The van der Waals surface area contributed by atoms with Crippen molar-refractivity contribution in [2.24, 2.45) is 5.92 Å². The molecule has 8 rings (SSSR count). The summed E-state index contributed by atoms with van der Waals surface area (Å²) in [6, 6.07) is 31.9. The van der Waals surface area contributed by atoms with Crippen molar-refractivity contribution in [2.45, 2.75) is 81.6 Å². The lowest BCUT2D eigenvalue weighted by atomic mass is 9.82.